The van der Waals surface area contributed by atoms with Gasteiger partial charge in [-0.1, -0.05) is 18.1 Å². The number of nitrogens with zero attached hydrogens (tertiary/aromatic N) is 3. The number of H-pyrrole nitrogens is 1. The van der Waals surface area contributed by atoms with Gasteiger partial charge in [-0.05, 0) is 81.4 Å². The van der Waals surface area contributed by atoms with Gasteiger partial charge in [0.1, 0.15) is 11.5 Å². The van der Waals surface area contributed by atoms with Crippen LogP contribution in [0.1, 0.15) is 44.1 Å². The number of piperazine rings is 1. The predicted octanol–water partition coefficient (Wildman–Crippen LogP) is 5.22. The molecule has 2 aromatic carbocycles. The highest BCUT2D eigenvalue weighted by Crippen LogP contribution is 2.33. The second-order valence-corrected chi connectivity index (χ2v) is 9.58. The van der Waals surface area contributed by atoms with Crippen LogP contribution >= 0.6 is 0 Å². The highest BCUT2D eigenvalue weighted by molar-refractivity contribution is 6.04. The third kappa shape index (κ3) is 8.93. The lowest BCUT2D eigenvalue weighted by Crippen LogP contribution is -2.42. The number of amides is 1. The Morgan fingerprint density at radius 2 is 1.68 bits per heavy atom. The normalized spacial score (nSPS) is 14.2. The second-order valence-electron chi connectivity index (χ2n) is 9.58. The molecular formula is C30H33F3N6O. The van der Waals surface area contributed by atoms with Crippen molar-refractivity contribution in [3.8, 4) is 11.8 Å². The molecule has 0 bridgehead atoms. The van der Waals surface area contributed by atoms with Crippen LogP contribution in [-0.2, 0) is 6.18 Å². The van der Waals surface area contributed by atoms with Crippen molar-refractivity contribution >= 4 is 23.9 Å². The summed E-state index contributed by atoms with van der Waals surface area (Å²) in [5, 5.41) is 9.50. The molecule has 10 heteroatoms. The second kappa shape index (κ2) is 13.7. The average Bonchev–Trinajstić information content (AvgIpc) is 3.37. The Hall–Kier alpha value is -4.20. The number of alkyl halides is 3. The van der Waals surface area contributed by atoms with Gasteiger partial charge in [0.15, 0.2) is 0 Å². The maximum atomic E-state index is 13.1. The van der Waals surface area contributed by atoms with Crippen molar-refractivity contribution in [3.05, 3.63) is 88.0 Å². The number of hydrogen-bond donors (Lipinski definition) is 3. The summed E-state index contributed by atoms with van der Waals surface area (Å²) < 4.78 is 39.4. The summed E-state index contributed by atoms with van der Waals surface area (Å²) in [6.07, 6.45) is 1.34. The minimum atomic E-state index is -4.50. The molecule has 0 unspecified atom stereocenters. The van der Waals surface area contributed by atoms with Crippen molar-refractivity contribution in [2.24, 2.45) is 0 Å². The molecule has 1 aliphatic rings. The Labute approximate surface area is 232 Å². The SMILES string of the molecule is CN1CCN(C)CC1.Cc1ccc(C(=O)Nc2ccc(C)c(C(F)(F)F)c2)cc1C#Cc1cnc(/C=C\C=N)[nH]1. The van der Waals surface area contributed by atoms with Crippen molar-refractivity contribution in [2.75, 3.05) is 45.6 Å². The van der Waals surface area contributed by atoms with Crippen LogP contribution in [0, 0.1) is 31.1 Å². The Kier molecular flexibility index (Phi) is 10.4. The van der Waals surface area contributed by atoms with E-state index in [2.05, 4.69) is 51.0 Å². The predicted molar refractivity (Wildman–Crippen MR) is 153 cm³/mol. The molecule has 7 nitrogen and oxygen atoms in total. The van der Waals surface area contributed by atoms with E-state index < -0.39 is 17.6 Å². The maximum absolute atomic E-state index is 13.1. The summed E-state index contributed by atoms with van der Waals surface area (Å²) in [5.74, 6) is 5.92. The van der Waals surface area contributed by atoms with E-state index in [0.29, 0.717) is 17.1 Å². The van der Waals surface area contributed by atoms with Gasteiger partial charge in [-0.3, -0.25) is 4.79 Å². The molecule has 0 aliphatic carbocycles. The zero-order valence-electron chi connectivity index (χ0n) is 23.0. The quantitative estimate of drug-likeness (QED) is 0.307. The van der Waals surface area contributed by atoms with E-state index in [4.69, 9.17) is 5.41 Å². The number of likely N-dealkylation sites (N-methyl/N-ethyl adjacent to an activating group) is 2. The Bertz CT molecular complexity index is 1410. The highest BCUT2D eigenvalue weighted by Gasteiger charge is 2.32. The molecule has 1 saturated heterocycles. The topological polar surface area (TPSA) is 88.1 Å². The summed E-state index contributed by atoms with van der Waals surface area (Å²) in [5.41, 5.74) is 1.62. The van der Waals surface area contributed by atoms with Crippen molar-refractivity contribution in [1.82, 2.24) is 19.8 Å². The molecule has 0 spiro atoms. The molecule has 0 radical (unpaired) electrons. The Morgan fingerprint density at radius 3 is 2.30 bits per heavy atom. The lowest BCUT2D eigenvalue weighted by atomic mass is 10.0. The summed E-state index contributed by atoms with van der Waals surface area (Å²) in [6, 6.07) is 8.57. The smallest absolute Gasteiger partial charge is 0.332 e. The van der Waals surface area contributed by atoms with Crippen LogP contribution in [0.5, 0.6) is 0 Å². The lowest BCUT2D eigenvalue weighted by molar-refractivity contribution is -0.138. The van der Waals surface area contributed by atoms with Crippen molar-refractivity contribution in [1.29, 1.82) is 5.41 Å². The number of aromatic amines is 1. The first-order valence-corrected chi connectivity index (χ1v) is 12.7. The molecule has 0 saturated carbocycles. The molecule has 2 heterocycles. The van der Waals surface area contributed by atoms with Crippen LogP contribution < -0.4 is 5.32 Å². The summed E-state index contributed by atoms with van der Waals surface area (Å²) >= 11 is 0. The fourth-order valence-corrected chi connectivity index (χ4v) is 3.77. The van der Waals surface area contributed by atoms with Crippen LogP contribution in [0.3, 0.4) is 0 Å². The third-order valence-corrected chi connectivity index (χ3v) is 6.31. The number of aryl methyl sites for hydroxylation is 2. The first kappa shape index (κ1) is 30.3. The molecule has 1 aliphatic heterocycles. The van der Waals surface area contributed by atoms with E-state index in [-0.39, 0.29) is 16.8 Å². The molecular weight excluding hydrogens is 517 g/mol. The Morgan fingerprint density at radius 1 is 1.02 bits per heavy atom. The van der Waals surface area contributed by atoms with Gasteiger partial charge in [-0.15, -0.1) is 0 Å². The van der Waals surface area contributed by atoms with Crippen molar-refractivity contribution in [2.45, 2.75) is 20.0 Å². The number of halogens is 3. The molecule has 0 atom stereocenters. The van der Waals surface area contributed by atoms with E-state index in [1.807, 2.05) is 6.92 Å². The van der Waals surface area contributed by atoms with Gasteiger partial charge in [0, 0.05) is 49.2 Å². The van der Waals surface area contributed by atoms with Crippen LogP contribution in [0.15, 0.2) is 48.7 Å². The molecule has 1 fully saturated rings. The minimum Gasteiger partial charge on any atom is -0.332 e. The summed E-state index contributed by atoms with van der Waals surface area (Å²) in [6.45, 7) is 8.14. The highest BCUT2D eigenvalue weighted by atomic mass is 19.4. The number of nitrogens with one attached hydrogen (secondary N) is 3. The molecule has 3 N–H and O–H groups in total. The van der Waals surface area contributed by atoms with Gasteiger partial charge >= 0.3 is 6.18 Å². The first-order valence-electron chi connectivity index (χ1n) is 12.7. The fourth-order valence-electron chi connectivity index (χ4n) is 3.77. The minimum absolute atomic E-state index is 0.0594. The van der Waals surface area contributed by atoms with E-state index in [1.54, 1.807) is 30.5 Å². The van der Waals surface area contributed by atoms with Crippen LogP contribution in [-0.4, -0.2) is 72.2 Å². The molecule has 40 heavy (non-hydrogen) atoms. The van der Waals surface area contributed by atoms with Crippen LogP contribution in [0.25, 0.3) is 6.08 Å². The number of carbonyl (C=O) groups is 1. The third-order valence-electron chi connectivity index (χ3n) is 6.31. The largest absolute Gasteiger partial charge is 0.416 e. The lowest BCUT2D eigenvalue weighted by Gasteiger charge is -2.28. The zero-order valence-corrected chi connectivity index (χ0v) is 23.0. The summed E-state index contributed by atoms with van der Waals surface area (Å²) in [7, 11) is 4.35. The van der Waals surface area contributed by atoms with Crippen LogP contribution in [0.2, 0.25) is 0 Å². The molecule has 1 aromatic heterocycles. The van der Waals surface area contributed by atoms with Gasteiger partial charge in [0.25, 0.3) is 5.91 Å². The number of anilines is 1. The first-order chi connectivity index (χ1) is 19.0. The monoisotopic (exact) mass is 550 g/mol. The van der Waals surface area contributed by atoms with E-state index >= 15 is 0 Å². The van der Waals surface area contributed by atoms with E-state index in [1.165, 1.54) is 51.3 Å². The van der Waals surface area contributed by atoms with Gasteiger partial charge in [-0.2, -0.15) is 13.2 Å². The number of imidazole rings is 1. The number of carbonyl (C=O) groups excluding carboxylic acids is 1. The van der Waals surface area contributed by atoms with Crippen molar-refractivity contribution in [3.63, 3.8) is 0 Å². The number of allylic oxidation sites excluding steroid dienone is 1. The molecule has 3 aromatic rings. The zero-order chi connectivity index (χ0) is 29.3. The van der Waals surface area contributed by atoms with Crippen molar-refractivity contribution < 1.29 is 18.0 Å². The molecule has 1 amide bonds. The summed E-state index contributed by atoms with van der Waals surface area (Å²) in [4.78, 5) is 24.4. The van der Waals surface area contributed by atoms with E-state index in [0.717, 1.165) is 17.8 Å². The Balaban J connectivity index is 0.000000472. The van der Waals surface area contributed by atoms with E-state index in [9.17, 15) is 18.0 Å². The number of rotatable bonds is 4. The standard InChI is InChI=1S/C24H19F3N4O.C6H14N2/c1-15-5-7-18(12-17(15)8-10-20-14-29-22(30-20)4-3-11-28)23(32)31-19-9-6-16(2)21(13-19)24(25,26)27;1-7-3-5-8(2)6-4-7/h3-7,9,11-14,28H,1-2H3,(H,29,30)(H,31,32);3-6H2,1-2H3/b4-3-,28-11?;. The number of hydrogen-bond acceptors (Lipinski definition) is 5. The van der Waals surface area contributed by atoms with Crippen LogP contribution in [0.4, 0.5) is 18.9 Å². The van der Waals surface area contributed by atoms with Gasteiger partial charge in [0.05, 0.1) is 11.8 Å². The number of aromatic nitrogens is 2. The van der Waals surface area contributed by atoms with Gasteiger partial charge < -0.3 is 25.5 Å². The number of benzene rings is 2. The fraction of sp³-hybridized carbons (Fsp3) is 0.300. The van der Waals surface area contributed by atoms with Gasteiger partial charge in [0.2, 0.25) is 0 Å². The average molecular weight is 551 g/mol. The van der Waals surface area contributed by atoms with Gasteiger partial charge in [-0.25, -0.2) is 4.98 Å². The molecule has 210 valence electrons. The molecule has 4 rings (SSSR count). The maximum Gasteiger partial charge on any atom is 0.416 e.